The van der Waals surface area contributed by atoms with Gasteiger partial charge in [-0.3, -0.25) is 4.99 Å². The first kappa shape index (κ1) is 12.5. The monoisotopic (exact) mass is 257 g/mol. The standard InChI is InChI=1S/C16H23N3/c1-10-7-6-8-14(10)19-13(4)18(5)12(3)15-11(2)9-17-16(15)19/h10,14H,3-4,6-9H2,1-2,5H3. The Morgan fingerprint density at radius 2 is 2.00 bits per heavy atom. The normalized spacial score (nSPS) is 31.2. The number of hydrogen-bond donors (Lipinski definition) is 0. The van der Waals surface area contributed by atoms with Crippen LogP contribution in [0.2, 0.25) is 0 Å². The van der Waals surface area contributed by atoms with Gasteiger partial charge in [0.1, 0.15) is 11.7 Å². The maximum Gasteiger partial charge on any atom is 0.139 e. The van der Waals surface area contributed by atoms with E-state index in [-0.39, 0.29) is 0 Å². The van der Waals surface area contributed by atoms with Gasteiger partial charge >= 0.3 is 0 Å². The second-order valence-corrected chi connectivity index (χ2v) is 6.06. The van der Waals surface area contributed by atoms with E-state index >= 15 is 0 Å². The molecule has 19 heavy (non-hydrogen) atoms. The van der Waals surface area contributed by atoms with E-state index in [0.29, 0.717) is 12.0 Å². The third-order valence-corrected chi connectivity index (χ3v) is 4.85. The molecule has 0 radical (unpaired) electrons. The van der Waals surface area contributed by atoms with Gasteiger partial charge in [0, 0.05) is 24.4 Å². The second kappa shape index (κ2) is 4.26. The van der Waals surface area contributed by atoms with Crippen LogP contribution >= 0.6 is 0 Å². The summed E-state index contributed by atoms with van der Waals surface area (Å²) in [7, 11) is 2.06. The Balaban J connectivity index is 2.04. The average molecular weight is 257 g/mol. The molecule has 0 aromatic heterocycles. The minimum absolute atomic E-state index is 0.544. The molecule has 3 heteroatoms. The fourth-order valence-electron chi connectivity index (χ4n) is 3.58. The molecule has 0 aromatic carbocycles. The Kier molecular flexibility index (Phi) is 2.80. The minimum Gasteiger partial charge on any atom is -0.331 e. The summed E-state index contributed by atoms with van der Waals surface area (Å²) in [6.45, 7) is 13.8. The van der Waals surface area contributed by atoms with Gasteiger partial charge in [-0.25, -0.2) is 0 Å². The van der Waals surface area contributed by atoms with Crippen LogP contribution in [-0.2, 0) is 0 Å². The largest absolute Gasteiger partial charge is 0.331 e. The van der Waals surface area contributed by atoms with Crippen molar-refractivity contribution in [2.75, 3.05) is 13.6 Å². The van der Waals surface area contributed by atoms with Crippen LogP contribution in [0.15, 0.2) is 40.8 Å². The van der Waals surface area contributed by atoms with Crippen molar-refractivity contribution < 1.29 is 0 Å². The zero-order valence-electron chi connectivity index (χ0n) is 12.2. The third kappa shape index (κ3) is 1.67. The van der Waals surface area contributed by atoms with Crippen LogP contribution in [0.4, 0.5) is 0 Å². The summed E-state index contributed by atoms with van der Waals surface area (Å²) in [5, 5.41) is 0. The van der Waals surface area contributed by atoms with Gasteiger partial charge in [-0.15, -0.1) is 0 Å². The SMILES string of the molecule is C=C1C2=C(C)CN=C2N(C2CCCC2C)C(=C)N1C. The van der Waals surface area contributed by atoms with Crippen molar-refractivity contribution in [2.24, 2.45) is 10.9 Å². The Hall–Kier alpha value is -1.51. The van der Waals surface area contributed by atoms with E-state index < -0.39 is 0 Å². The zero-order valence-corrected chi connectivity index (χ0v) is 12.2. The van der Waals surface area contributed by atoms with E-state index in [2.05, 4.69) is 43.9 Å². The summed E-state index contributed by atoms with van der Waals surface area (Å²) in [6.07, 6.45) is 3.86. The summed E-state index contributed by atoms with van der Waals surface area (Å²) in [6, 6.07) is 0.544. The maximum absolute atomic E-state index is 4.75. The first-order valence-electron chi connectivity index (χ1n) is 7.18. The lowest BCUT2D eigenvalue weighted by atomic mass is 9.98. The summed E-state index contributed by atoms with van der Waals surface area (Å²) < 4.78 is 0. The van der Waals surface area contributed by atoms with Crippen molar-refractivity contribution in [3.8, 4) is 0 Å². The van der Waals surface area contributed by atoms with Crippen LogP contribution in [0.25, 0.3) is 0 Å². The zero-order chi connectivity index (χ0) is 13.7. The molecule has 3 aliphatic rings. The van der Waals surface area contributed by atoms with Gasteiger partial charge in [-0.1, -0.05) is 26.5 Å². The fraction of sp³-hybridized carbons (Fsp3) is 0.562. The molecule has 2 aliphatic heterocycles. The highest BCUT2D eigenvalue weighted by atomic mass is 15.4. The van der Waals surface area contributed by atoms with Crippen LogP contribution in [0.1, 0.15) is 33.1 Å². The quantitative estimate of drug-likeness (QED) is 0.718. The van der Waals surface area contributed by atoms with E-state index in [1.165, 1.54) is 30.4 Å². The predicted octanol–water partition coefficient (Wildman–Crippen LogP) is 3.14. The van der Waals surface area contributed by atoms with Gasteiger partial charge in [0.05, 0.1) is 6.54 Å². The smallest absolute Gasteiger partial charge is 0.139 e. The van der Waals surface area contributed by atoms with Crippen molar-refractivity contribution in [2.45, 2.75) is 39.2 Å². The van der Waals surface area contributed by atoms with Crippen molar-refractivity contribution in [3.05, 3.63) is 35.8 Å². The summed E-state index contributed by atoms with van der Waals surface area (Å²) >= 11 is 0. The molecule has 2 unspecified atom stereocenters. The molecule has 2 fully saturated rings. The van der Waals surface area contributed by atoms with Gasteiger partial charge in [-0.05, 0) is 31.3 Å². The highest BCUT2D eigenvalue weighted by Gasteiger charge is 2.40. The summed E-state index contributed by atoms with van der Waals surface area (Å²) in [5.41, 5.74) is 3.62. The first-order chi connectivity index (χ1) is 9.02. The maximum atomic E-state index is 4.75. The van der Waals surface area contributed by atoms with E-state index in [1.54, 1.807) is 0 Å². The Morgan fingerprint density at radius 3 is 2.63 bits per heavy atom. The number of likely N-dealkylation sites (N-methyl/N-ethyl adjacent to an activating group) is 1. The lowest BCUT2D eigenvalue weighted by Crippen LogP contribution is -2.49. The van der Waals surface area contributed by atoms with Crippen LogP contribution in [0, 0.1) is 5.92 Å². The van der Waals surface area contributed by atoms with Gasteiger partial charge in [0.2, 0.25) is 0 Å². The summed E-state index contributed by atoms with van der Waals surface area (Å²) in [4.78, 5) is 9.25. The van der Waals surface area contributed by atoms with Crippen LogP contribution in [-0.4, -0.2) is 35.3 Å². The first-order valence-corrected chi connectivity index (χ1v) is 7.18. The lowest BCUT2D eigenvalue weighted by molar-refractivity contribution is 0.248. The van der Waals surface area contributed by atoms with E-state index in [1.807, 2.05) is 0 Å². The lowest BCUT2D eigenvalue weighted by Gasteiger charge is -2.44. The Bertz CT molecular complexity index is 512. The molecule has 0 bridgehead atoms. The molecule has 1 saturated heterocycles. The molecular weight excluding hydrogens is 234 g/mol. The number of fused-ring (bicyclic) bond motifs is 1. The number of rotatable bonds is 1. The van der Waals surface area contributed by atoms with Gasteiger partial charge in [0.25, 0.3) is 0 Å². The van der Waals surface area contributed by atoms with Crippen LogP contribution in [0.5, 0.6) is 0 Å². The topological polar surface area (TPSA) is 18.8 Å². The van der Waals surface area contributed by atoms with Crippen molar-refractivity contribution in [1.29, 1.82) is 0 Å². The number of nitrogens with zero attached hydrogens (tertiary/aromatic N) is 3. The highest BCUT2D eigenvalue weighted by Crippen LogP contribution is 2.40. The fourth-order valence-corrected chi connectivity index (χ4v) is 3.58. The number of hydrogen-bond acceptors (Lipinski definition) is 3. The third-order valence-electron chi connectivity index (χ3n) is 4.85. The molecule has 0 amide bonds. The van der Waals surface area contributed by atoms with E-state index in [4.69, 9.17) is 4.99 Å². The molecule has 0 spiro atoms. The highest BCUT2D eigenvalue weighted by molar-refractivity contribution is 6.06. The molecule has 0 N–H and O–H groups in total. The molecular formula is C16H23N3. The van der Waals surface area contributed by atoms with Gasteiger partial charge in [-0.2, -0.15) is 0 Å². The van der Waals surface area contributed by atoms with Gasteiger partial charge in [0.15, 0.2) is 0 Å². The van der Waals surface area contributed by atoms with Crippen molar-refractivity contribution in [3.63, 3.8) is 0 Å². The molecule has 0 aromatic rings. The molecule has 102 valence electrons. The Labute approximate surface area is 116 Å². The van der Waals surface area contributed by atoms with Gasteiger partial charge < -0.3 is 9.80 Å². The minimum atomic E-state index is 0.544. The molecule has 1 aliphatic carbocycles. The second-order valence-electron chi connectivity index (χ2n) is 6.06. The molecule has 3 rings (SSSR count). The molecule has 2 atom stereocenters. The van der Waals surface area contributed by atoms with Crippen LogP contribution in [0.3, 0.4) is 0 Å². The molecule has 1 saturated carbocycles. The molecule has 3 nitrogen and oxygen atoms in total. The van der Waals surface area contributed by atoms with Crippen molar-refractivity contribution in [1.82, 2.24) is 9.80 Å². The number of aliphatic imine (C=N–C) groups is 1. The summed E-state index contributed by atoms with van der Waals surface area (Å²) in [5.74, 6) is 2.85. The van der Waals surface area contributed by atoms with Crippen LogP contribution < -0.4 is 0 Å². The predicted molar refractivity (Wildman–Crippen MR) is 79.7 cm³/mol. The van der Waals surface area contributed by atoms with E-state index in [0.717, 1.165) is 23.9 Å². The van der Waals surface area contributed by atoms with Crippen molar-refractivity contribution >= 4 is 5.84 Å². The number of amidine groups is 1. The average Bonchev–Trinajstić information content (AvgIpc) is 2.95. The van der Waals surface area contributed by atoms with E-state index in [9.17, 15) is 0 Å². The molecule has 2 heterocycles. The Morgan fingerprint density at radius 1 is 1.26 bits per heavy atom.